The maximum atomic E-state index is 6.25. The molecule has 2 aromatic rings. The van der Waals surface area contributed by atoms with Crippen LogP contribution in [0.3, 0.4) is 0 Å². The second-order valence-corrected chi connectivity index (χ2v) is 5.00. The molecular formula is C17H22N2. The van der Waals surface area contributed by atoms with E-state index in [9.17, 15) is 0 Å². The van der Waals surface area contributed by atoms with E-state index < -0.39 is 0 Å². The highest BCUT2D eigenvalue weighted by Crippen LogP contribution is 2.17. The minimum Gasteiger partial charge on any atom is -0.324 e. The van der Waals surface area contributed by atoms with Crippen molar-refractivity contribution >= 4 is 0 Å². The third-order valence-corrected chi connectivity index (χ3v) is 3.41. The fourth-order valence-electron chi connectivity index (χ4n) is 2.26. The Morgan fingerprint density at radius 3 is 2.47 bits per heavy atom. The number of nitrogens with two attached hydrogens (primary N) is 1. The van der Waals surface area contributed by atoms with Crippen LogP contribution in [0.25, 0.3) is 0 Å². The number of aryl methyl sites for hydroxylation is 2. The van der Waals surface area contributed by atoms with E-state index in [0.717, 1.165) is 19.3 Å². The van der Waals surface area contributed by atoms with E-state index in [-0.39, 0.29) is 6.04 Å². The molecule has 2 N–H and O–H groups in total. The molecule has 19 heavy (non-hydrogen) atoms. The van der Waals surface area contributed by atoms with Gasteiger partial charge in [0.15, 0.2) is 0 Å². The van der Waals surface area contributed by atoms with Gasteiger partial charge < -0.3 is 5.73 Å². The summed E-state index contributed by atoms with van der Waals surface area (Å²) in [5, 5.41) is 0. The average molecular weight is 254 g/mol. The van der Waals surface area contributed by atoms with Crippen molar-refractivity contribution in [3.05, 3.63) is 65.5 Å². The van der Waals surface area contributed by atoms with Crippen LogP contribution in [0.1, 0.15) is 42.5 Å². The van der Waals surface area contributed by atoms with E-state index in [4.69, 9.17) is 5.73 Å². The van der Waals surface area contributed by atoms with Gasteiger partial charge in [0, 0.05) is 18.4 Å². The van der Waals surface area contributed by atoms with E-state index >= 15 is 0 Å². The highest BCUT2D eigenvalue weighted by atomic mass is 14.6. The van der Waals surface area contributed by atoms with Crippen molar-refractivity contribution in [2.45, 2.75) is 38.6 Å². The zero-order valence-electron chi connectivity index (χ0n) is 11.5. The van der Waals surface area contributed by atoms with E-state index in [0.29, 0.717) is 0 Å². The molecule has 0 radical (unpaired) electrons. The van der Waals surface area contributed by atoms with Crippen LogP contribution in [0.5, 0.6) is 0 Å². The van der Waals surface area contributed by atoms with Crippen LogP contribution >= 0.6 is 0 Å². The van der Waals surface area contributed by atoms with Gasteiger partial charge >= 0.3 is 0 Å². The molecule has 0 aliphatic carbocycles. The molecule has 1 aromatic heterocycles. The fourth-order valence-corrected chi connectivity index (χ4v) is 2.26. The molecular weight excluding hydrogens is 232 g/mol. The number of aromatic nitrogens is 1. The van der Waals surface area contributed by atoms with Crippen LogP contribution in [0.2, 0.25) is 0 Å². The maximum absolute atomic E-state index is 6.25. The van der Waals surface area contributed by atoms with Crippen LogP contribution in [0, 0.1) is 0 Å². The molecule has 1 unspecified atom stereocenters. The van der Waals surface area contributed by atoms with Gasteiger partial charge in [-0.3, -0.25) is 4.98 Å². The Bertz CT molecular complexity index is 476. The average Bonchev–Trinajstić information content (AvgIpc) is 2.47. The van der Waals surface area contributed by atoms with Crippen molar-refractivity contribution in [1.29, 1.82) is 0 Å². The molecule has 100 valence electrons. The summed E-state index contributed by atoms with van der Waals surface area (Å²) < 4.78 is 0. The highest BCUT2D eigenvalue weighted by molar-refractivity contribution is 5.25. The van der Waals surface area contributed by atoms with Crippen molar-refractivity contribution in [1.82, 2.24) is 4.98 Å². The Kier molecular flexibility index (Phi) is 5.10. The summed E-state index contributed by atoms with van der Waals surface area (Å²) in [4.78, 5) is 4.13. The molecule has 0 amide bonds. The first kappa shape index (κ1) is 13.8. The molecule has 0 aliphatic rings. The Balaban J connectivity index is 1.90. The maximum Gasteiger partial charge on any atom is 0.0299 e. The third-order valence-electron chi connectivity index (χ3n) is 3.41. The van der Waals surface area contributed by atoms with Gasteiger partial charge in [0.2, 0.25) is 0 Å². The lowest BCUT2D eigenvalue weighted by Gasteiger charge is -2.12. The predicted molar refractivity (Wildman–Crippen MR) is 79.9 cm³/mol. The predicted octanol–water partition coefficient (Wildman–Crippen LogP) is 3.67. The van der Waals surface area contributed by atoms with Crippen LogP contribution < -0.4 is 5.73 Å². The number of hydrogen-bond donors (Lipinski definition) is 1. The molecule has 2 nitrogen and oxygen atoms in total. The van der Waals surface area contributed by atoms with E-state index in [1.165, 1.54) is 23.1 Å². The molecule has 1 heterocycles. The Labute approximate surface area is 115 Å². The molecule has 0 spiro atoms. The molecule has 0 bridgehead atoms. The quantitative estimate of drug-likeness (QED) is 0.854. The van der Waals surface area contributed by atoms with Crippen molar-refractivity contribution in [2.75, 3.05) is 0 Å². The molecule has 1 atom stereocenters. The summed E-state index contributed by atoms with van der Waals surface area (Å²) >= 11 is 0. The topological polar surface area (TPSA) is 38.9 Å². The number of benzene rings is 1. The van der Waals surface area contributed by atoms with Gasteiger partial charge in [-0.15, -0.1) is 0 Å². The van der Waals surface area contributed by atoms with Crippen LogP contribution in [-0.2, 0) is 12.8 Å². The van der Waals surface area contributed by atoms with Crippen LogP contribution in [0.4, 0.5) is 0 Å². The SMILES string of the molecule is CCCc1ccc(C(N)CCc2cccnc2)cc1. The smallest absolute Gasteiger partial charge is 0.0299 e. The van der Waals surface area contributed by atoms with Crippen molar-refractivity contribution in [3.63, 3.8) is 0 Å². The lowest BCUT2D eigenvalue weighted by molar-refractivity contribution is 0.650. The molecule has 2 heteroatoms. The largest absolute Gasteiger partial charge is 0.324 e. The van der Waals surface area contributed by atoms with Crippen LogP contribution in [0.15, 0.2) is 48.8 Å². The molecule has 0 fully saturated rings. The van der Waals surface area contributed by atoms with Gasteiger partial charge in [0.1, 0.15) is 0 Å². The summed E-state index contributed by atoms with van der Waals surface area (Å²) in [5.41, 5.74) is 10.1. The minimum atomic E-state index is 0.107. The number of rotatable bonds is 6. The summed E-state index contributed by atoms with van der Waals surface area (Å²) in [6.07, 6.45) is 7.98. The third kappa shape index (κ3) is 4.18. The van der Waals surface area contributed by atoms with E-state index in [2.05, 4.69) is 42.2 Å². The van der Waals surface area contributed by atoms with Gasteiger partial charge in [0.05, 0.1) is 0 Å². The van der Waals surface area contributed by atoms with Gasteiger partial charge in [-0.25, -0.2) is 0 Å². The molecule has 2 rings (SSSR count). The Hall–Kier alpha value is -1.67. The lowest BCUT2D eigenvalue weighted by atomic mass is 9.98. The molecule has 1 aromatic carbocycles. The summed E-state index contributed by atoms with van der Waals surface area (Å²) in [6.45, 7) is 2.20. The highest BCUT2D eigenvalue weighted by Gasteiger charge is 2.06. The van der Waals surface area contributed by atoms with E-state index in [1.54, 1.807) is 6.20 Å². The first-order chi connectivity index (χ1) is 9.29. The zero-order chi connectivity index (χ0) is 13.5. The summed E-state index contributed by atoms with van der Waals surface area (Å²) in [5.74, 6) is 0. The second kappa shape index (κ2) is 7.05. The summed E-state index contributed by atoms with van der Waals surface area (Å²) in [7, 11) is 0. The van der Waals surface area contributed by atoms with Gasteiger partial charge in [0.25, 0.3) is 0 Å². The van der Waals surface area contributed by atoms with E-state index in [1.807, 2.05) is 12.3 Å². The number of hydrogen-bond acceptors (Lipinski definition) is 2. The molecule has 0 saturated heterocycles. The van der Waals surface area contributed by atoms with Gasteiger partial charge in [-0.1, -0.05) is 43.7 Å². The first-order valence-corrected chi connectivity index (χ1v) is 7.03. The second-order valence-electron chi connectivity index (χ2n) is 5.00. The van der Waals surface area contributed by atoms with Crippen LogP contribution in [-0.4, -0.2) is 4.98 Å². The van der Waals surface area contributed by atoms with Crippen molar-refractivity contribution in [2.24, 2.45) is 5.73 Å². The number of pyridine rings is 1. The monoisotopic (exact) mass is 254 g/mol. The standard InChI is InChI=1S/C17H22N2/c1-2-4-14-6-9-16(10-7-14)17(18)11-8-15-5-3-12-19-13-15/h3,5-7,9-10,12-13,17H,2,4,8,11,18H2,1H3. The lowest BCUT2D eigenvalue weighted by Crippen LogP contribution is -2.11. The number of nitrogens with zero attached hydrogens (tertiary/aromatic N) is 1. The van der Waals surface area contributed by atoms with Gasteiger partial charge in [-0.05, 0) is 42.0 Å². The first-order valence-electron chi connectivity index (χ1n) is 7.03. The van der Waals surface area contributed by atoms with Crippen molar-refractivity contribution < 1.29 is 0 Å². The van der Waals surface area contributed by atoms with Crippen molar-refractivity contribution in [3.8, 4) is 0 Å². The van der Waals surface area contributed by atoms with Gasteiger partial charge in [-0.2, -0.15) is 0 Å². The summed E-state index contributed by atoms with van der Waals surface area (Å²) in [6, 6.07) is 12.9. The minimum absolute atomic E-state index is 0.107. The zero-order valence-corrected chi connectivity index (χ0v) is 11.5. The molecule has 0 saturated carbocycles. The fraction of sp³-hybridized carbons (Fsp3) is 0.353. The molecule has 0 aliphatic heterocycles. The Morgan fingerprint density at radius 2 is 1.84 bits per heavy atom. The normalized spacial score (nSPS) is 12.3. The Morgan fingerprint density at radius 1 is 1.05 bits per heavy atom.